The Morgan fingerprint density at radius 3 is 2.74 bits per heavy atom. The first-order valence-corrected chi connectivity index (χ1v) is 7.29. The van der Waals surface area contributed by atoms with E-state index in [1.54, 1.807) is 4.90 Å². The van der Waals surface area contributed by atoms with Gasteiger partial charge in [-0.3, -0.25) is 15.1 Å². The molecule has 0 radical (unpaired) electrons. The molecule has 0 spiro atoms. The normalized spacial score (nSPS) is 19.8. The molecule has 7 heteroatoms. The minimum Gasteiger partial charge on any atom is -0.317 e. The third-order valence-electron chi connectivity index (χ3n) is 4.00. The Kier molecular flexibility index (Phi) is 3.92. The van der Waals surface area contributed by atoms with E-state index < -0.39 is 4.92 Å². The van der Waals surface area contributed by atoms with Crippen LogP contribution in [0.15, 0.2) is 48.8 Å². The number of carbonyl (C=O) groups is 1. The highest BCUT2D eigenvalue weighted by atomic mass is 16.6. The zero-order valence-corrected chi connectivity index (χ0v) is 12.5. The summed E-state index contributed by atoms with van der Waals surface area (Å²) in [5.74, 6) is 0.343. The molecular weight excluding hydrogens is 296 g/mol. The van der Waals surface area contributed by atoms with Crippen LogP contribution in [0.25, 0.3) is 0 Å². The molecule has 0 aliphatic carbocycles. The molecule has 1 aromatic heterocycles. The highest BCUT2D eigenvalue weighted by molar-refractivity contribution is 5.92. The van der Waals surface area contributed by atoms with Gasteiger partial charge in [0.25, 0.3) is 0 Å². The number of benzene rings is 1. The second-order valence-corrected chi connectivity index (χ2v) is 5.57. The van der Waals surface area contributed by atoms with E-state index in [4.69, 9.17) is 0 Å². The molecule has 1 N–H and O–H groups in total. The highest BCUT2D eigenvalue weighted by Crippen LogP contribution is 2.39. The lowest BCUT2D eigenvalue weighted by atomic mass is 9.85. The number of pyridine rings is 1. The summed E-state index contributed by atoms with van der Waals surface area (Å²) in [6.07, 6.45) is 2.54. The lowest BCUT2D eigenvalue weighted by Crippen LogP contribution is -2.53. The summed E-state index contributed by atoms with van der Waals surface area (Å²) in [5, 5.41) is 13.6. The van der Waals surface area contributed by atoms with Gasteiger partial charge in [0.15, 0.2) is 0 Å². The van der Waals surface area contributed by atoms with Crippen molar-refractivity contribution in [3.63, 3.8) is 0 Å². The Bertz CT molecular complexity index is 735. The first-order valence-electron chi connectivity index (χ1n) is 7.29. The number of rotatable bonds is 3. The second kappa shape index (κ2) is 6.04. The van der Waals surface area contributed by atoms with E-state index in [1.807, 2.05) is 30.3 Å². The van der Waals surface area contributed by atoms with Crippen molar-refractivity contribution in [3.05, 3.63) is 64.5 Å². The molecule has 118 valence electrons. The molecule has 0 saturated carbocycles. The maximum Gasteiger partial charge on any atom is 0.322 e. The third-order valence-corrected chi connectivity index (χ3v) is 4.00. The van der Waals surface area contributed by atoms with E-state index in [0.29, 0.717) is 12.5 Å². The predicted molar refractivity (Wildman–Crippen MR) is 85.0 cm³/mol. The Morgan fingerprint density at radius 1 is 1.35 bits per heavy atom. The van der Waals surface area contributed by atoms with Crippen LogP contribution in [0.4, 0.5) is 16.2 Å². The Hall–Kier alpha value is -2.96. The number of hydrogen-bond donors (Lipinski definition) is 1. The molecule has 1 aliphatic rings. The maximum atomic E-state index is 12.5. The van der Waals surface area contributed by atoms with Gasteiger partial charge in [0.05, 0.1) is 11.0 Å². The monoisotopic (exact) mass is 312 g/mol. The van der Waals surface area contributed by atoms with E-state index in [1.165, 1.54) is 12.3 Å². The number of amides is 2. The number of aromatic nitrogens is 1. The first kappa shape index (κ1) is 15.0. The minimum absolute atomic E-state index is 0.0166. The maximum absolute atomic E-state index is 12.5. The van der Waals surface area contributed by atoms with Crippen LogP contribution in [0.5, 0.6) is 0 Å². The van der Waals surface area contributed by atoms with Crippen molar-refractivity contribution < 1.29 is 9.72 Å². The van der Waals surface area contributed by atoms with Crippen molar-refractivity contribution in [1.82, 2.24) is 9.88 Å². The number of nitrogens with one attached hydrogen (secondary N) is 1. The standard InChI is InChI=1S/C16H16N4O3/c1-11-10-19(15(11)12-5-3-2-4-6-12)16(21)18-13-7-8-17-9-14(13)20(22)23/h2-9,11,15H,10H2,1H3,(H,17,18,21). The summed E-state index contributed by atoms with van der Waals surface area (Å²) in [7, 11) is 0. The zero-order chi connectivity index (χ0) is 16.4. The van der Waals surface area contributed by atoms with Gasteiger partial charge in [-0.25, -0.2) is 4.79 Å². The number of nitro groups is 1. The van der Waals surface area contributed by atoms with Crippen molar-refractivity contribution in [2.75, 3.05) is 11.9 Å². The van der Waals surface area contributed by atoms with Gasteiger partial charge in [0, 0.05) is 12.7 Å². The van der Waals surface area contributed by atoms with Gasteiger partial charge < -0.3 is 10.2 Å². The fraction of sp³-hybridized carbons (Fsp3) is 0.250. The summed E-state index contributed by atoms with van der Waals surface area (Å²) in [6.45, 7) is 2.70. The van der Waals surface area contributed by atoms with Crippen molar-refractivity contribution in [3.8, 4) is 0 Å². The quantitative estimate of drug-likeness (QED) is 0.696. The van der Waals surface area contributed by atoms with Gasteiger partial charge in [-0.15, -0.1) is 0 Å². The van der Waals surface area contributed by atoms with Crippen molar-refractivity contribution in [1.29, 1.82) is 0 Å². The fourth-order valence-corrected chi connectivity index (χ4v) is 2.89. The molecule has 1 aliphatic heterocycles. The van der Waals surface area contributed by atoms with Crippen LogP contribution >= 0.6 is 0 Å². The molecule has 2 amide bonds. The smallest absolute Gasteiger partial charge is 0.317 e. The molecule has 1 fully saturated rings. The van der Waals surface area contributed by atoms with Crippen molar-refractivity contribution in [2.45, 2.75) is 13.0 Å². The number of carbonyl (C=O) groups excluding carboxylic acids is 1. The van der Waals surface area contributed by atoms with Gasteiger partial charge in [0.2, 0.25) is 0 Å². The Morgan fingerprint density at radius 2 is 2.09 bits per heavy atom. The molecule has 1 saturated heterocycles. The zero-order valence-electron chi connectivity index (χ0n) is 12.5. The lowest BCUT2D eigenvalue weighted by Gasteiger charge is -2.46. The molecule has 23 heavy (non-hydrogen) atoms. The minimum atomic E-state index is -0.560. The van der Waals surface area contributed by atoms with E-state index in [2.05, 4.69) is 17.2 Å². The summed E-state index contributed by atoms with van der Waals surface area (Å²) >= 11 is 0. The van der Waals surface area contributed by atoms with Gasteiger partial charge in [-0.2, -0.15) is 0 Å². The van der Waals surface area contributed by atoms with Gasteiger partial charge in [-0.05, 0) is 17.5 Å². The molecule has 1 aromatic carbocycles. The topological polar surface area (TPSA) is 88.4 Å². The third kappa shape index (κ3) is 2.85. The SMILES string of the molecule is CC1CN(C(=O)Nc2ccncc2[N+](=O)[O-])C1c1ccccc1. The summed E-state index contributed by atoms with van der Waals surface area (Å²) < 4.78 is 0. The predicted octanol–water partition coefficient (Wildman–Crippen LogP) is 3.21. The van der Waals surface area contributed by atoms with Crippen LogP contribution in [0.1, 0.15) is 18.5 Å². The van der Waals surface area contributed by atoms with E-state index in [9.17, 15) is 14.9 Å². The number of likely N-dealkylation sites (tertiary alicyclic amines) is 1. The molecular formula is C16H16N4O3. The highest BCUT2D eigenvalue weighted by Gasteiger charge is 2.40. The van der Waals surface area contributed by atoms with Crippen LogP contribution in [0.3, 0.4) is 0 Å². The van der Waals surface area contributed by atoms with Crippen molar-refractivity contribution in [2.24, 2.45) is 5.92 Å². The molecule has 2 unspecified atom stereocenters. The number of nitrogens with zero attached hydrogens (tertiary/aromatic N) is 3. The van der Waals surface area contributed by atoms with Crippen LogP contribution in [-0.2, 0) is 0 Å². The van der Waals surface area contributed by atoms with E-state index in [0.717, 1.165) is 11.8 Å². The second-order valence-electron chi connectivity index (χ2n) is 5.57. The fourth-order valence-electron chi connectivity index (χ4n) is 2.89. The first-order chi connectivity index (χ1) is 11.1. The molecule has 7 nitrogen and oxygen atoms in total. The van der Waals surface area contributed by atoms with E-state index in [-0.39, 0.29) is 23.4 Å². The number of hydrogen-bond acceptors (Lipinski definition) is 4. The lowest BCUT2D eigenvalue weighted by molar-refractivity contribution is -0.384. The molecule has 2 aromatic rings. The van der Waals surface area contributed by atoms with E-state index >= 15 is 0 Å². The van der Waals surface area contributed by atoms with Gasteiger partial charge >= 0.3 is 11.7 Å². The summed E-state index contributed by atoms with van der Waals surface area (Å²) in [6, 6.07) is 10.8. The van der Waals surface area contributed by atoms with Crippen LogP contribution in [-0.4, -0.2) is 27.4 Å². The van der Waals surface area contributed by atoms with Crippen LogP contribution in [0, 0.1) is 16.0 Å². The molecule has 2 atom stereocenters. The summed E-state index contributed by atoms with van der Waals surface area (Å²) in [4.78, 5) is 28.3. The number of urea groups is 1. The Labute approximate surface area is 133 Å². The van der Waals surface area contributed by atoms with Crippen molar-refractivity contribution >= 4 is 17.4 Å². The molecule has 2 heterocycles. The van der Waals surface area contributed by atoms with Gasteiger partial charge in [-0.1, -0.05) is 37.3 Å². The molecule has 3 rings (SSSR count). The van der Waals surface area contributed by atoms with Crippen LogP contribution in [0.2, 0.25) is 0 Å². The Balaban J connectivity index is 1.78. The largest absolute Gasteiger partial charge is 0.322 e. The molecule has 0 bridgehead atoms. The average Bonchev–Trinajstić information content (AvgIpc) is 2.53. The van der Waals surface area contributed by atoms with Crippen LogP contribution < -0.4 is 5.32 Å². The summed E-state index contributed by atoms with van der Waals surface area (Å²) in [5.41, 5.74) is 0.998. The van der Waals surface area contributed by atoms with Gasteiger partial charge in [0.1, 0.15) is 11.9 Å². The number of anilines is 1. The average molecular weight is 312 g/mol.